The van der Waals surface area contributed by atoms with Crippen LogP contribution in [0.1, 0.15) is 27.8 Å². The van der Waals surface area contributed by atoms with Crippen LogP contribution in [-0.2, 0) is 35.7 Å². The second-order valence-electron chi connectivity index (χ2n) is 9.82. The van der Waals surface area contributed by atoms with E-state index in [1.165, 1.54) is 12.1 Å². The Hall–Kier alpha value is -3.16. The third-order valence-corrected chi connectivity index (χ3v) is 10.2. The maximum Gasteiger partial charge on any atom is 0.419 e. The first kappa shape index (κ1) is 29.3. The SMILES string of the molecule is Cc1c(N(Cc2ccc(F)c(C(F)(F)F)c2)S(=O)(=O)c2cccc3c2CN(CC(F)(F)F)CC3)sc2ccccc12. The number of nitrogens with zero attached hydrogens (tertiary/aromatic N) is 2. The van der Waals surface area contributed by atoms with Crippen LogP contribution in [0, 0.1) is 12.7 Å². The number of hydrogen-bond acceptors (Lipinski definition) is 4. The van der Waals surface area contributed by atoms with Gasteiger partial charge in [-0.2, -0.15) is 26.3 Å². The number of aryl methyl sites for hydroxylation is 1. The number of halogens is 7. The number of sulfonamides is 1. The van der Waals surface area contributed by atoms with Gasteiger partial charge in [-0.05, 0) is 65.3 Å². The van der Waals surface area contributed by atoms with Gasteiger partial charge in [0, 0.05) is 17.8 Å². The quantitative estimate of drug-likeness (QED) is 0.209. The number of alkyl halides is 6. The summed E-state index contributed by atoms with van der Waals surface area (Å²) >= 11 is 1.12. The van der Waals surface area contributed by atoms with E-state index in [0.717, 1.165) is 36.7 Å². The molecule has 0 fully saturated rings. The molecule has 0 amide bonds. The van der Waals surface area contributed by atoms with Gasteiger partial charge in [-0.25, -0.2) is 12.8 Å². The van der Waals surface area contributed by atoms with Crippen LogP contribution in [-0.4, -0.2) is 32.6 Å². The van der Waals surface area contributed by atoms with Crippen LogP contribution >= 0.6 is 11.3 Å². The highest BCUT2D eigenvalue weighted by Crippen LogP contribution is 2.42. The Morgan fingerprint density at radius 2 is 1.71 bits per heavy atom. The maximum atomic E-state index is 14.4. The van der Waals surface area contributed by atoms with Gasteiger partial charge in [0.15, 0.2) is 0 Å². The fourth-order valence-electron chi connectivity index (χ4n) is 5.07. The molecule has 0 atom stereocenters. The van der Waals surface area contributed by atoms with Crippen molar-refractivity contribution in [2.24, 2.45) is 0 Å². The monoisotopic (exact) mass is 616 g/mol. The zero-order valence-corrected chi connectivity index (χ0v) is 23.1. The summed E-state index contributed by atoms with van der Waals surface area (Å²) in [6.45, 7) is -0.262. The number of fused-ring (bicyclic) bond motifs is 2. The molecule has 1 aliphatic heterocycles. The third-order valence-electron chi connectivity index (χ3n) is 6.99. The lowest BCUT2D eigenvalue weighted by atomic mass is 10.00. The molecule has 0 N–H and O–H groups in total. The number of thiophene rings is 1. The third kappa shape index (κ3) is 5.93. The number of hydrogen-bond donors (Lipinski definition) is 0. The van der Waals surface area contributed by atoms with E-state index in [0.29, 0.717) is 23.3 Å². The van der Waals surface area contributed by atoms with Gasteiger partial charge in [0.25, 0.3) is 10.0 Å². The van der Waals surface area contributed by atoms with E-state index < -0.39 is 46.8 Å². The highest BCUT2D eigenvalue weighted by Gasteiger charge is 2.37. The predicted octanol–water partition coefficient (Wildman–Crippen LogP) is 7.68. The Labute approximate surface area is 235 Å². The molecule has 0 aliphatic carbocycles. The van der Waals surface area contributed by atoms with Gasteiger partial charge >= 0.3 is 12.4 Å². The molecule has 4 nitrogen and oxygen atoms in total. The zero-order chi connectivity index (χ0) is 29.7. The average molecular weight is 617 g/mol. The average Bonchev–Trinajstić information content (AvgIpc) is 3.22. The molecule has 0 saturated carbocycles. The van der Waals surface area contributed by atoms with E-state index in [2.05, 4.69) is 0 Å². The van der Waals surface area contributed by atoms with Crippen LogP contribution in [0.15, 0.2) is 65.6 Å². The first-order chi connectivity index (χ1) is 19.1. The molecule has 5 rings (SSSR count). The van der Waals surface area contributed by atoms with Gasteiger partial charge in [-0.1, -0.05) is 36.4 Å². The van der Waals surface area contributed by atoms with Crippen LogP contribution in [0.4, 0.5) is 35.7 Å². The highest BCUT2D eigenvalue weighted by atomic mass is 32.2. The van der Waals surface area contributed by atoms with E-state index in [1.54, 1.807) is 37.3 Å². The lowest BCUT2D eigenvalue weighted by molar-refractivity contribution is -0.147. The number of benzene rings is 3. The van der Waals surface area contributed by atoms with Crippen molar-refractivity contribution >= 4 is 36.4 Å². The molecule has 1 aliphatic rings. The van der Waals surface area contributed by atoms with E-state index in [9.17, 15) is 39.2 Å². The Bertz CT molecular complexity index is 1710. The van der Waals surface area contributed by atoms with E-state index in [4.69, 9.17) is 0 Å². The van der Waals surface area contributed by atoms with Crippen LogP contribution in [0.25, 0.3) is 10.1 Å². The van der Waals surface area contributed by atoms with Crippen molar-refractivity contribution in [1.29, 1.82) is 0 Å². The normalized spacial score (nSPS) is 14.8. The molecule has 0 saturated heterocycles. The Morgan fingerprint density at radius 1 is 0.976 bits per heavy atom. The molecule has 4 aromatic rings. The van der Waals surface area contributed by atoms with Gasteiger partial charge in [0.05, 0.1) is 23.5 Å². The molecule has 0 spiro atoms. The lowest BCUT2D eigenvalue weighted by Crippen LogP contribution is -2.39. The summed E-state index contributed by atoms with van der Waals surface area (Å²) in [5.41, 5.74) is -0.278. The van der Waals surface area contributed by atoms with Gasteiger partial charge in [-0.15, -0.1) is 11.3 Å². The lowest BCUT2D eigenvalue weighted by Gasteiger charge is -2.32. The fourth-order valence-corrected chi connectivity index (χ4v) is 8.26. The fraction of sp³-hybridized carbons (Fsp3) is 0.286. The van der Waals surface area contributed by atoms with Crippen molar-refractivity contribution in [2.45, 2.75) is 43.7 Å². The van der Waals surface area contributed by atoms with Gasteiger partial charge in [-0.3, -0.25) is 9.21 Å². The minimum Gasteiger partial charge on any atom is -0.290 e. The zero-order valence-electron chi connectivity index (χ0n) is 21.5. The topological polar surface area (TPSA) is 40.6 Å². The van der Waals surface area contributed by atoms with Crippen molar-refractivity contribution in [3.8, 4) is 0 Å². The van der Waals surface area contributed by atoms with Gasteiger partial charge in [0.2, 0.25) is 0 Å². The van der Waals surface area contributed by atoms with E-state index in [-0.39, 0.29) is 40.5 Å². The summed E-state index contributed by atoms with van der Waals surface area (Å²) < 4.78 is 124. The summed E-state index contributed by atoms with van der Waals surface area (Å²) in [6, 6.07) is 13.8. The Balaban J connectivity index is 1.65. The van der Waals surface area contributed by atoms with Crippen molar-refractivity contribution in [2.75, 3.05) is 17.4 Å². The first-order valence-electron chi connectivity index (χ1n) is 12.4. The molecule has 218 valence electrons. The van der Waals surface area contributed by atoms with E-state index >= 15 is 0 Å². The van der Waals surface area contributed by atoms with Gasteiger partial charge in [0.1, 0.15) is 10.8 Å². The van der Waals surface area contributed by atoms with Crippen molar-refractivity contribution in [1.82, 2.24) is 4.90 Å². The summed E-state index contributed by atoms with van der Waals surface area (Å²) in [5, 5.41) is 0.985. The van der Waals surface area contributed by atoms with Crippen molar-refractivity contribution < 1.29 is 39.2 Å². The largest absolute Gasteiger partial charge is 0.419 e. The molecule has 0 unspecified atom stereocenters. The van der Waals surface area contributed by atoms with Crippen LogP contribution < -0.4 is 4.31 Å². The first-order valence-corrected chi connectivity index (χ1v) is 14.7. The van der Waals surface area contributed by atoms with Crippen LogP contribution in [0.2, 0.25) is 0 Å². The molecular weight excluding hydrogens is 593 g/mol. The predicted molar refractivity (Wildman–Crippen MR) is 143 cm³/mol. The highest BCUT2D eigenvalue weighted by molar-refractivity contribution is 7.93. The molecule has 41 heavy (non-hydrogen) atoms. The minimum atomic E-state index is -5.00. The van der Waals surface area contributed by atoms with Gasteiger partial charge < -0.3 is 0 Å². The molecule has 2 heterocycles. The standard InChI is InChI=1S/C28H23F7N2O2S2/c1-17-20-6-2-3-7-24(20)40-26(17)37(14-18-9-10-23(29)22(13-18)28(33,34)35)41(38,39)25-8-4-5-19-11-12-36(15-21(19)25)16-27(30,31)32/h2-10,13H,11-12,14-16H2,1H3. The minimum absolute atomic E-state index is 0.0882. The molecule has 3 aromatic carbocycles. The Kier molecular flexibility index (Phi) is 7.58. The molecular formula is C28H23F7N2O2S2. The molecule has 0 bridgehead atoms. The smallest absolute Gasteiger partial charge is 0.290 e. The van der Waals surface area contributed by atoms with Crippen molar-refractivity contribution in [3.63, 3.8) is 0 Å². The molecule has 1 aromatic heterocycles. The summed E-state index contributed by atoms with van der Waals surface area (Å²) in [7, 11) is -4.53. The second-order valence-corrected chi connectivity index (χ2v) is 12.7. The van der Waals surface area contributed by atoms with Crippen molar-refractivity contribution in [3.05, 3.63) is 94.3 Å². The van der Waals surface area contributed by atoms with Crippen LogP contribution in [0.3, 0.4) is 0 Å². The molecule has 13 heteroatoms. The second kappa shape index (κ2) is 10.6. The summed E-state index contributed by atoms with van der Waals surface area (Å²) in [5.74, 6) is -1.49. The van der Waals surface area contributed by atoms with E-state index in [1.807, 2.05) is 0 Å². The Morgan fingerprint density at radius 3 is 2.39 bits per heavy atom. The number of rotatable bonds is 6. The van der Waals surface area contributed by atoms with Crippen LogP contribution in [0.5, 0.6) is 0 Å². The maximum absolute atomic E-state index is 14.4. The summed E-state index contributed by atoms with van der Waals surface area (Å²) in [6.07, 6.45) is -9.29. The molecule has 0 radical (unpaired) electrons. The number of anilines is 1. The summed E-state index contributed by atoms with van der Waals surface area (Å²) in [4.78, 5) is 0.892.